The van der Waals surface area contributed by atoms with E-state index in [2.05, 4.69) is 24.8 Å². The number of anilines is 1. The third-order valence-corrected chi connectivity index (χ3v) is 4.03. The second-order valence-corrected chi connectivity index (χ2v) is 6.32. The van der Waals surface area contributed by atoms with Crippen LogP contribution in [0.25, 0.3) is 0 Å². The molecular formula is C17H29N3O. The van der Waals surface area contributed by atoms with E-state index in [4.69, 9.17) is 15.5 Å². The number of aromatic nitrogens is 1. The lowest BCUT2D eigenvalue weighted by Crippen LogP contribution is -2.33. The number of fused-ring (bicyclic) bond motifs is 1. The van der Waals surface area contributed by atoms with Gasteiger partial charge in [-0.2, -0.15) is 0 Å². The van der Waals surface area contributed by atoms with Crippen LogP contribution < -0.4 is 10.6 Å². The molecule has 2 N–H and O–H groups in total. The maximum atomic E-state index is 5.98. The van der Waals surface area contributed by atoms with E-state index < -0.39 is 0 Å². The van der Waals surface area contributed by atoms with Gasteiger partial charge >= 0.3 is 0 Å². The number of ether oxygens (including phenoxy) is 1. The van der Waals surface area contributed by atoms with Crippen LogP contribution in [-0.4, -0.2) is 31.8 Å². The lowest BCUT2D eigenvalue weighted by molar-refractivity contribution is 0.204. The van der Waals surface area contributed by atoms with Gasteiger partial charge in [-0.1, -0.05) is 13.8 Å². The van der Waals surface area contributed by atoms with Crippen molar-refractivity contribution < 1.29 is 4.74 Å². The minimum absolute atomic E-state index is 0.553. The minimum atomic E-state index is 0.553. The van der Waals surface area contributed by atoms with Gasteiger partial charge in [0.2, 0.25) is 0 Å². The highest BCUT2D eigenvalue weighted by Crippen LogP contribution is 2.27. The smallest absolute Gasteiger partial charge is 0.133 e. The van der Waals surface area contributed by atoms with Gasteiger partial charge in [-0.05, 0) is 43.2 Å². The number of pyridine rings is 1. The summed E-state index contributed by atoms with van der Waals surface area (Å²) in [4.78, 5) is 7.32. The third kappa shape index (κ3) is 4.17. The maximum absolute atomic E-state index is 5.98. The van der Waals surface area contributed by atoms with Crippen molar-refractivity contribution in [3.8, 4) is 0 Å². The monoisotopic (exact) mass is 291 g/mol. The molecule has 0 fully saturated rings. The van der Waals surface area contributed by atoms with Crippen LogP contribution in [0.2, 0.25) is 0 Å². The molecule has 0 saturated carbocycles. The van der Waals surface area contributed by atoms with E-state index in [0.29, 0.717) is 12.5 Å². The van der Waals surface area contributed by atoms with Gasteiger partial charge in [0.1, 0.15) is 5.82 Å². The molecule has 1 aliphatic rings. The summed E-state index contributed by atoms with van der Waals surface area (Å²) in [6, 6.07) is 2.29. The largest absolute Gasteiger partial charge is 0.383 e. The molecule has 0 aliphatic heterocycles. The molecular weight excluding hydrogens is 262 g/mol. The fourth-order valence-corrected chi connectivity index (χ4v) is 3.02. The molecule has 2 rings (SSSR count). The molecule has 1 aromatic heterocycles. The van der Waals surface area contributed by atoms with Crippen LogP contribution in [0.4, 0.5) is 5.82 Å². The van der Waals surface area contributed by atoms with Crippen molar-refractivity contribution in [3.63, 3.8) is 0 Å². The number of aryl methyl sites for hydroxylation is 2. The van der Waals surface area contributed by atoms with E-state index in [1.807, 2.05) is 0 Å². The number of methoxy groups -OCH3 is 1. The summed E-state index contributed by atoms with van der Waals surface area (Å²) in [7, 11) is 1.75. The summed E-state index contributed by atoms with van der Waals surface area (Å²) in [5.74, 6) is 1.66. The van der Waals surface area contributed by atoms with Gasteiger partial charge in [0.05, 0.1) is 6.61 Å². The zero-order valence-corrected chi connectivity index (χ0v) is 13.7. The Bertz CT molecular complexity index is 460. The Morgan fingerprint density at radius 1 is 1.33 bits per heavy atom. The van der Waals surface area contributed by atoms with Crippen LogP contribution in [0.15, 0.2) is 6.07 Å². The van der Waals surface area contributed by atoms with Gasteiger partial charge in [0.15, 0.2) is 0 Å². The molecule has 0 aromatic carbocycles. The van der Waals surface area contributed by atoms with Crippen LogP contribution >= 0.6 is 0 Å². The van der Waals surface area contributed by atoms with Crippen LogP contribution in [-0.2, 0) is 24.1 Å². The normalized spacial score (nSPS) is 14.3. The van der Waals surface area contributed by atoms with E-state index in [9.17, 15) is 0 Å². The first kappa shape index (κ1) is 16.2. The summed E-state index contributed by atoms with van der Waals surface area (Å²) < 4.78 is 5.26. The minimum Gasteiger partial charge on any atom is -0.383 e. The quantitative estimate of drug-likeness (QED) is 0.839. The van der Waals surface area contributed by atoms with E-state index in [0.717, 1.165) is 38.4 Å². The fourth-order valence-electron chi connectivity index (χ4n) is 3.02. The van der Waals surface area contributed by atoms with Gasteiger partial charge in [-0.15, -0.1) is 0 Å². The summed E-state index contributed by atoms with van der Waals surface area (Å²) in [6.45, 7) is 7.60. The summed E-state index contributed by atoms with van der Waals surface area (Å²) >= 11 is 0. The Balaban J connectivity index is 2.32. The fraction of sp³-hybridized carbons (Fsp3) is 0.706. The lowest BCUT2D eigenvalue weighted by atomic mass is 9.94. The Morgan fingerprint density at radius 2 is 2.10 bits per heavy atom. The third-order valence-electron chi connectivity index (χ3n) is 4.03. The van der Waals surface area contributed by atoms with E-state index in [1.165, 1.54) is 29.7 Å². The molecule has 118 valence electrons. The molecule has 21 heavy (non-hydrogen) atoms. The Hall–Kier alpha value is -1.13. The van der Waals surface area contributed by atoms with Crippen molar-refractivity contribution in [2.45, 2.75) is 46.1 Å². The average Bonchev–Trinajstić information content (AvgIpc) is 2.49. The second kappa shape index (κ2) is 7.76. The maximum Gasteiger partial charge on any atom is 0.133 e. The molecule has 1 aliphatic carbocycles. The van der Waals surface area contributed by atoms with Gasteiger partial charge in [-0.3, -0.25) is 0 Å². The van der Waals surface area contributed by atoms with Crippen molar-refractivity contribution in [1.29, 1.82) is 0 Å². The molecule has 0 atom stereocenters. The standard InChI is InChI=1S/C17H29N3O/c1-13(2)12-20(8-9-21-3)17-15(11-18)10-14-6-4-5-7-16(14)19-17/h10,13H,4-9,11-12,18H2,1-3H3. The van der Waals surface area contributed by atoms with Gasteiger partial charge in [0, 0.05) is 38.0 Å². The highest BCUT2D eigenvalue weighted by Gasteiger charge is 2.19. The topological polar surface area (TPSA) is 51.4 Å². The first-order valence-electron chi connectivity index (χ1n) is 8.11. The van der Waals surface area contributed by atoms with E-state index in [1.54, 1.807) is 7.11 Å². The van der Waals surface area contributed by atoms with Gasteiger partial charge < -0.3 is 15.4 Å². The first-order valence-corrected chi connectivity index (χ1v) is 8.11. The van der Waals surface area contributed by atoms with Gasteiger partial charge in [-0.25, -0.2) is 4.98 Å². The predicted molar refractivity (Wildman–Crippen MR) is 87.7 cm³/mol. The molecule has 0 spiro atoms. The van der Waals surface area contributed by atoms with Crippen molar-refractivity contribution >= 4 is 5.82 Å². The molecule has 0 unspecified atom stereocenters. The van der Waals surface area contributed by atoms with Crippen molar-refractivity contribution in [3.05, 3.63) is 22.9 Å². The summed E-state index contributed by atoms with van der Waals surface area (Å²) in [5.41, 5.74) is 9.84. The van der Waals surface area contributed by atoms with E-state index in [-0.39, 0.29) is 0 Å². The molecule has 1 heterocycles. The molecule has 4 nitrogen and oxygen atoms in total. The molecule has 0 saturated heterocycles. The lowest BCUT2D eigenvalue weighted by Gasteiger charge is -2.29. The number of hydrogen-bond acceptors (Lipinski definition) is 4. The highest BCUT2D eigenvalue weighted by atomic mass is 16.5. The first-order chi connectivity index (χ1) is 10.2. The summed E-state index contributed by atoms with van der Waals surface area (Å²) in [6.07, 6.45) is 4.78. The number of nitrogens with zero attached hydrogens (tertiary/aromatic N) is 2. The van der Waals surface area contributed by atoms with Crippen LogP contribution in [0.5, 0.6) is 0 Å². The zero-order valence-electron chi connectivity index (χ0n) is 13.7. The number of nitrogens with two attached hydrogens (primary N) is 1. The highest BCUT2D eigenvalue weighted by molar-refractivity contribution is 5.50. The van der Waals surface area contributed by atoms with Crippen LogP contribution in [0.1, 0.15) is 43.5 Å². The van der Waals surface area contributed by atoms with Crippen molar-refractivity contribution in [2.24, 2.45) is 11.7 Å². The predicted octanol–water partition coefficient (Wildman–Crippen LogP) is 2.53. The molecule has 0 radical (unpaired) electrons. The Labute approximate surface area is 128 Å². The van der Waals surface area contributed by atoms with Crippen molar-refractivity contribution in [2.75, 3.05) is 31.7 Å². The molecule has 1 aromatic rings. The Morgan fingerprint density at radius 3 is 2.76 bits per heavy atom. The second-order valence-electron chi connectivity index (χ2n) is 6.32. The molecule has 4 heteroatoms. The Kier molecular flexibility index (Phi) is 6.00. The van der Waals surface area contributed by atoms with Crippen molar-refractivity contribution in [1.82, 2.24) is 4.98 Å². The SMILES string of the molecule is COCCN(CC(C)C)c1nc2c(cc1CN)CCCC2. The molecule has 0 amide bonds. The number of hydrogen-bond donors (Lipinski definition) is 1. The van der Waals surface area contributed by atoms with E-state index >= 15 is 0 Å². The van der Waals surface area contributed by atoms with Crippen LogP contribution in [0, 0.1) is 5.92 Å². The molecule has 0 bridgehead atoms. The average molecular weight is 291 g/mol. The number of rotatable bonds is 7. The van der Waals surface area contributed by atoms with Crippen LogP contribution in [0.3, 0.4) is 0 Å². The summed E-state index contributed by atoms with van der Waals surface area (Å²) in [5, 5.41) is 0. The zero-order chi connectivity index (χ0) is 15.2. The van der Waals surface area contributed by atoms with Gasteiger partial charge in [0.25, 0.3) is 0 Å².